The van der Waals surface area contributed by atoms with E-state index in [9.17, 15) is 9.90 Å². The van der Waals surface area contributed by atoms with Crippen molar-refractivity contribution in [1.29, 1.82) is 0 Å². The van der Waals surface area contributed by atoms with Gasteiger partial charge in [0.15, 0.2) is 0 Å². The van der Waals surface area contributed by atoms with E-state index in [0.717, 1.165) is 16.8 Å². The van der Waals surface area contributed by atoms with Crippen LogP contribution in [0.4, 0.5) is 10.5 Å². The summed E-state index contributed by atoms with van der Waals surface area (Å²) < 4.78 is 0. The van der Waals surface area contributed by atoms with Crippen LogP contribution >= 0.6 is 0 Å². The molecule has 2 aromatic rings. The molecule has 5 heteroatoms. The molecule has 2 aromatic carbocycles. The first-order chi connectivity index (χ1) is 11.6. The molecule has 0 saturated carbocycles. The summed E-state index contributed by atoms with van der Waals surface area (Å²) in [6, 6.07) is 17.0. The third-order valence-electron chi connectivity index (χ3n) is 3.53. The summed E-state index contributed by atoms with van der Waals surface area (Å²) in [5, 5.41) is 18.4. The second kappa shape index (κ2) is 8.93. The highest BCUT2D eigenvalue weighted by Gasteiger charge is 2.12. The van der Waals surface area contributed by atoms with Crippen LogP contribution in [0.1, 0.15) is 31.0 Å². The molecule has 0 spiro atoms. The summed E-state index contributed by atoms with van der Waals surface area (Å²) in [4.78, 5) is 12.1. The molecule has 0 bridgehead atoms. The topological polar surface area (TPSA) is 73.4 Å². The minimum absolute atomic E-state index is 0.148. The SMILES string of the molecule is CC(C)Nc1cccc(CNC(=O)NC(CO)c2ccccc2)c1. The van der Waals surface area contributed by atoms with Crippen LogP contribution < -0.4 is 16.0 Å². The number of nitrogens with one attached hydrogen (secondary N) is 3. The van der Waals surface area contributed by atoms with Crippen molar-refractivity contribution in [3.63, 3.8) is 0 Å². The van der Waals surface area contributed by atoms with Gasteiger partial charge in [-0.2, -0.15) is 0 Å². The Bertz CT molecular complexity index is 644. The number of carbonyl (C=O) groups is 1. The fraction of sp³-hybridized carbons (Fsp3) is 0.316. The normalized spacial score (nSPS) is 11.8. The lowest BCUT2D eigenvalue weighted by Crippen LogP contribution is -2.38. The van der Waals surface area contributed by atoms with Crippen molar-refractivity contribution in [2.75, 3.05) is 11.9 Å². The summed E-state index contributed by atoms with van der Waals surface area (Å²) in [5.74, 6) is 0. The third-order valence-corrected chi connectivity index (χ3v) is 3.53. The van der Waals surface area contributed by atoms with Crippen LogP contribution in [0.15, 0.2) is 54.6 Å². The van der Waals surface area contributed by atoms with Gasteiger partial charge in [0.25, 0.3) is 0 Å². The van der Waals surface area contributed by atoms with Crippen LogP contribution in [0.2, 0.25) is 0 Å². The third kappa shape index (κ3) is 5.59. The molecular formula is C19H25N3O2. The molecule has 5 nitrogen and oxygen atoms in total. The monoisotopic (exact) mass is 327 g/mol. The molecule has 4 N–H and O–H groups in total. The summed E-state index contributed by atoms with van der Waals surface area (Å²) in [6.07, 6.45) is 0. The van der Waals surface area contributed by atoms with Gasteiger partial charge in [-0.3, -0.25) is 0 Å². The first kappa shape index (κ1) is 17.8. The molecule has 1 unspecified atom stereocenters. The van der Waals surface area contributed by atoms with Crippen molar-refractivity contribution in [3.05, 3.63) is 65.7 Å². The van der Waals surface area contributed by atoms with E-state index in [0.29, 0.717) is 12.6 Å². The van der Waals surface area contributed by atoms with Gasteiger partial charge in [-0.25, -0.2) is 4.79 Å². The van der Waals surface area contributed by atoms with Crippen molar-refractivity contribution in [2.24, 2.45) is 0 Å². The van der Waals surface area contributed by atoms with E-state index in [-0.39, 0.29) is 12.6 Å². The zero-order valence-corrected chi connectivity index (χ0v) is 14.1. The Morgan fingerprint density at radius 3 is 2.50 bits per heavy atom. The quantitative estimate of drug-likeness (QED) is 0.631. The van der Waals surface area contributed by atoms with Gasteiger partial charge in [0, 0.05) is 18.3 Å². The molecule has 0 aliphatic rings. The van der Waals surface area contributed by atoms with E-state index < -0.39 is 6.04 Å². The van der Waals surface area contributed by atoms with Crippen LogP contribution in [0.3, 0.4) is 0 Å². The molecule has 2 rings (SSSR count). The second-order valence-electron chi connectivity index (χ2n) is 5.97. The van der Waals surface area contributed by atoms with E-state index in [1.807, 2.05) is 54.6 Å². The Balaban J connectivity index is 1.88. The molecule has 0 aliphatic heterocycles. The Kier molecular flexibility index (Phi) is 6.63. The van der Waals surface area contributed by atoms with Crippen molar-refractivity contribution in [3.8, 4) is 0 Å². The average Bonchev–Trinajstić information content (AvgIpc) is 2.58. The number of anilines is 1. The van der Waals surface area contributed by atoms with E-state index in [4.69, 9.17) is 0 Å². The summed E-state index contributed by atoms with van der Waals surface area (Å²) >= 11 is 0. The number of hydrogen-bond donors (Lipinski definition) is 4. The van der Waals surface area contributed by atoms with Gasteiger partial charge in [-0.05, 0) is 37.1 Å². The van der Waals surface area contributed by atoms with E-state index in [2.05, 4.69) is 29.8 Å². The Morgan fingerprint density at radius 2 is 1.83 bits per heavy atom. The molecule has 24 heavy (non-hydrogen) atoms. The lowest BCUT2D eigenvalue weighted by molar-refractivity contribution is 0.216. The standard InChI is InChI=1S/C19H25N3O2/c1-14(2)21-17-10-6-7-15(11-17)12-20-19(24)22-18(13-23)16-8-4-3-5-9-16/h3-11,14,18,21,23H,12-13H2,1-2H3,(H2,20,22,24). The van der Waals surface area contributed by atoms with Crippen molar-refractivity contribution >= 4 is 11.7 Å². The van der Waals surface area contributed by atoms with Gasteiger partial charge in [0.1, 0.15) is 0 Å². The largest absolute Gasteiger partial charge is 0.394 e. The molecule has 0 aliphatic carbocycles. The summed E-state index contributed by atoms with van der Waals surface area (Å²) in [5.41, 5.74) is 2.91. The molecule has 1 atom stereocenters. The maximum Gasteiger partial charge on any atom is 0.315 e. The lowest BCUT2D eigenvalue weighted by atomic mass is 10.1. The first-order valence-corrected chi connectivity index (χ1v) is 8.14. The van der Waals surface area contributed by atoms with Gasteiger partial charge in [-0.15, -0.1) is 0 Å². The fourth-order valence-corrected chi connectivity index (χ4v) is 2.42. The van der Waals surface area contributed by atoms with Gasteiger partial charge >= 0.3 is 6.03 Å². The highest BCUT2D eigenvalue weighted by atomic mass is 16.3. The molecular weight excluding hydrogens is 302 g/mol. The Hall–Kier alpha value is -2.53. The molecule has 0 saturated heterocycles. The van der Waals surface area contributed by atoms with Gasteiger partial charge in [-0.1, -0.05) is 42.5 Å². The number of benzene rings is 2. The number of aliphatic hydroxyl groups is 1. The van der Waals surface area contributed by atoms with Crippen LogP contribution in [-0.4, -0.2) is 23.8 Å². The molecule has 2 amide bonds. The number of amides is 2. The van der Waals surface area contributed by atoms with Crippen LogP contribution in [-0.2, 0) is 6.54 Å². The first-order valence-electron chi connectivity index (χ1n) is 8.14. The minimum atomic E-state index is -0.417. The number of urea groups is 1. The maximum atomic E-state index is 12.1. The van der Waals surface area contributed by atoms with E-state index >= 15 is 0 Å². The predicted molar refractivity (Wildman–Crippen MR) is 96.8 cm³/mol. The molecule has 0 heterocycles. The molecule has 0 fully saturated rings. The van der Waals surface area contributed by atoms with Crippen molar-refractivity contribution in [1.82, 2.24) is 10.6 Å². The van der Waals surface area contributed by atoms with Crippen LogP contribution in [0.25, 0.3) is 0 Å². The van der Waals surface area contributed by atoms with Gasteiger partial charge in [0.2, 0.25) is 0 Å². The van der Waals surface area contributed by atoms with Gasteiger partial charge < -0.3 is 21.1 Å². The van der Waals surface area contributed by atoms with Crippen molar-refractivity contribution < 1.29 is 9.90 Å². The molecule has 128 valence electrons. The zero-order valence-electron chi connectivity index (χ0n) is 14.1. The average molecular weight is 327 g/mol. The smallest absolute Gasteiger partial charge is 0.315 e. The summed E-state index contributed by atoms with van der Waals surface area (Å²) in [7, 11) is 0. The molecule has 0 radical (unpaired) electrons. The second-order valence-corrected chi connectivity index (χ2v) is 5.97. The van der Waals surface area contributed by atoms with Gasteiger partial charge in [0.05, 0.1) is 12.6 Å². The van der Waals surface area contributed by atoms with E-state index in [1.54, 1.807) is 0 Å². The van der Waals surface area contributed by atoms with Crippen LogP contribution in [0, 0.1) is 0 Å². The molecule has 0 aromatic heterocycles. The Morgan fingerprint density at radius 1 is 1.08 bits per heavy atom. The lowest BCUT2D eigenvalue weighted by Gasteiger charge is -2.17. The fourth-order valence-electron chi connectivity index (χ4n) is 2.42. The predicted octanol–water partition coefficient (Wildman–Crippen LogP) is 3.04. The summed E-state index contributed by atoms with van der Waals surface area (Å²) in [6.45, 7) is 4.44. The Labute approximate surface area is 143 Å². The van der Waals surface area contributed by atoms with Crippen molar-refractivity contribution in [2.45, 2.75) is 32.5 Å². The number of hydrogen-bond acceptors (Lipinski definition) is 3. The maximum absolute atomic E-state index is 12.1. The minimum Gasteiger partial charge on any atom is -0.394 e. The highest BCUT2D eigenvalue weighted by Crippen LogP contribution is 2.13. The highest BCUT2D eigenvalue weighted by molar-refractivity contribution is 5.74. The van der Waals surface area contributed by atoms with E-state index in [1.165, 1.54) is 0 Å². The number of aliphatic hydroxyl groups excluding tert-OH is 1. The zero-order chi connectivity index (χ0) is 17.4. The number of carbonyl (C=O) groups excluding carboxylic acids is 1. The van der Waals surface area contributed by atoms with Crippen LogP contribution in [0.5, 0.6) is 0 Å². The number of rotatable bonds is 7.